The molecule has 2 heteroatoms. The van der Waals surface area contributed by atoms with Gasteiger partial charge in [-0.25, -0.2) is 0 Å². The van der Waals surface area contributed by atoms with Gasteiger partial charge in [-0.05, 0) is 115 Å². The number of nitriles is 1. The summed E-state index contributed by atoms with van der Waals surface area (Å²) < 4.78 is 0. The van der Waals surface area contributed by atoms with Crippen LogP contribution in [0.2, 0.25) is 0 Å². The number of hydrogen-bond donors (Lipinski definition) is 0. The second-order valence-electron chi connectivity index (χ2n) is 12.8. The summed E-state index contributed by atoms with van der Waals surface area (Å²) >= 11 is 0. The first-order valence-electron chi connectivity index (χ1n) is 16.4. The van der Waals surface area contributed by atoms with E-state index in [1.165, 1.54) is 66.1 Å². The Hall–Kier alpha value is -6.43. The van der Waals surface area contributed by atoms with Crippen LogP contribution < -0.4 is 4.90 Å². The highest BCUT2D eigenvalue weighted by molar-refractivity contribution is 6.11. The molecule has 2 nitrogen and oxygen atoms in total. The van der Waals surface area contributed by atoms with Crippen LogP contribution in [0.25, 0.3) is 43.8 Å². The first-order chi connectivity index (χ1) is 23.8. The molecule has 0 saturated heterocycles. The predicted octanol–water partition coefficient (Wildman–Crippen LogP) is 11.7. The van der Waals surface area contributed by atoms with Crippen molar-refractivity contribution in [2.24, 2.45) is 0 Å². The molecule has 0 aromatic heterocycles. The third-order valence-corrected chi connectivity index (χ3v) is 10.5. The van der Waals surface area contributed by atoms with Gasteiger partial charge in [0.05, 0.1) is 17.0 Å². The van der Waals surface area contributed by atoms with Gasteiger partial charge >= 0.3 is 0 Å². The van der Waals surface area contributed by atoms with E-state index in [0.717, 1.165) is 17.1 Å². The average Bonchev–Trinajstić information content (AvgIpc) is 3.63. The lowest BCUT2D eigenvalue weighted by atomic mass is 9.69. The largest absolute Gasteiger partial charge is 0.310 e. The van der Waals surface area contributed by atoms with Crippen molar-refractivity contribution in [2.75, 3.05) is 4.90 Å². The summed E-state index contributed by atoms with van der Waals surface area (Å²) in [6.45, 7) is 0. The smallest absolute Gasteiger partial charge is 0.0991 e. The molecule has 0 fully saturated rings. The van der Waals surface area contributed by atoms with Crippen LogP contribution in [0.15, 0.2) is 170 Å². The number of nitrogens with zero attached hydrogens (tertiary/aromatic N) is 2. The fourth-order valence-corrected chi connectivity index (χ4v) is 8.58. The fraction of sp³-hybridized carbons (Fsp3) is 0.0217. The summed E-state index contributed by atoms with van der Waals surface area (Å²) in [6.07, 6.45) is 0. The van der Waals surface area contributed by atoms with Crippen LogP contribution in [-0.2, 0) is 5.41 Å². The van der Waals surface area contributed by atoms with Crippen LogP contribution in [0.1, 0.15) is 27.8 Å². The Kier molecular flexibility index (Phi) is 5.59. The predicted molar refractivity (Wildman–Crippen MR) is 197 cm³/mol. The first-order valence-corrected chi connectivity index (χ1v) is 16.4. The Labute approximate surface area is 279 Å². The zero-order valence-electron chi connectivity index (χ0n) is 26.1. The van der Waals surface area contributed by atoms with E-state index in [0.29, 0.717) is 5.56 Å². The first kappa shape index (κ1) is 26.8. The van der Waals surface area contributed by atoms with Crippen LogP contribution in [-0.4, -0.2) is 0 Å². The summed E-state index contributed by atoms with van der Waals surface area (Å²) in [7, 11) is 0. The summed E-state index contributed by atoms with van der Waals surface area (Å²) in [4.78, 5) is 2.27. The van der Waals surface area contributed by atoms with Gasteiger partial charge in [-0.1, -0.05) is 121 Å². The standard InChI is InChI=1S/C46H28N2/c47-29-30-18-22-34(23-19-30)48(33-11-2-1-3-12-33)35-24-26-37-32(28-35)20-25-40-44-36-13-5-4-10-31(36)21-27-43(44)46(45(37)40)41-16-8-6-14-38(41)39-15-7-9-17-42(39)46/h1-28H. The van der Waals surface area contributed by atoms with Crippen molar-refractivity contribution in [1.82, 2.24) is 0 Å². The molecular formula is C46H28N2. The minimum absolute atomic E-state index is 0.435. The Bertz CT molecular complexity index is 2580. The molecule has 0 bridgehead atoms. The summed E-state index contributed by atoms with van der Waals surface area (Å²) in [5, 5.41) is 14.5. The van der Waals surface area contributed by atoms with E-state index in [9.17, 15) is 5.26 Å². The molecule has 1 spiro atoms. The molecule has 0 saturated carbocycles. The minimum atomic E-state index is -0.435. The molecular weight excluding hydrogens is 581 g/mol. The van der Waals surface area contributed by atoms with Gasteiger partial charge in [-0.15, -0.1) is 0 Å². The topological polar surface area (TPSA) is 27.0 Å². The van der Waals surface area contributed by atoms with Crippen molar-refractivity contribution in [3.05, 3.63) is 198 Å². The fourth-order valence-electron chi connectivity index (χ4n) is 8.58. The molecule has 0 N–H and O–H groups in total. The van der Waals surface area contributed by atoms with Crippen LogP contribution in [0.4, 0.5) is 17.1 Å². The zero-order valence-corrected chi connectivity index (χ0v) is 26.1. The molecule has 10 rings (SSSR count). The van der Waals surface area contributed by atoms with Crippen molar-refractivity contribution in [2.45, 2.75) is 5.41 Å². The highest BCUT2D eigenvalue weighted by atomic mass is 15.1. The highest BCUT2D eigenvalue weighted by Gasteiger charge is 2.52. The van der Waals surface area contributed by atoms with Crippen molar-refractivity contribution in [1.29, 1.82) is 5.26 Å². The number of anilines is 3. The number of hydrogen-bond acceptors (Lipinski definition) is 2. The molecule has 0 aliphatic heterocycles. The SMILES string of the molecule is N#Cc1ccc(N(c2ccccc2)c2ccc3c4c(ccc3c2)-c2c(ccc3ccccc23)C42c3ccccc3-c3ccccc32)cc1. The minimum Gasteiger partial charge on any atom is -0.310 e. The number of rotatable bonds is 3. The van der Waals surface area contributed by atoms with Gasteiger partial charge in [0.2, 0.25) is 0 Å². The van der Waals surface area contributed by atoms with E-state index in [2.05, 4.69) is 150 Å². The number of fused-ring (bicyclic) bond motifs is 14. The molecule has 2 aliphatic rings. The van der Waals surface area contributed by atoms with Gasteiger partial charge in [0, 0.05) is 17.1 Å². The average molecular weight is 609 g/mol. The molecule has 222 valence electrons. The number of benzene rings is 8. The third-order valence-electron chi connectivity index (χ3n) is 10.5. The normalized spacial score (nSPS) is 13.1. The van der Waals surface area contributed by atoms with Gasteiger partial charge in [-0.2, -0.15) is 5.26 Å². The lowest BCUT2D eigenvalue weighted by Crippen LogP contribution is -2.26. The van der Waals surface area contributed by atoms with Crippen LogP contribution in [0, 0.1) is 11.3 Å². The molecule has 2 aliphatic carbocycles. The van der Waals surface area contributed by atoms with Crippen LogP contribution >= 0.6 is 0 Å². The maximum atomic E-state index is 9.47. The van der Waals surface area contributed by atoms with Crippen molar-refractivity contribution in [3.8, 4) is 28.3 Å². The Morgan fingerprint density at radius 3 is 1.81 bits per heavy atom. The molecule has 0 heterocycles. The van der Waals surface area contributed by atoms with Crippen molar-refractivity contribution >= 4 is 38.6 Å². The Balaban J connectivity index is 1.29. The summed E-state index contributed by atoms with van der Waals surface area (Å²) in [6, 6.07) is 63.6. The molecule has 8 aromatic carbocycles. The lowest BCUT2D eigenvalue weighted by molar-refractivity contribution is 0.802. The van der Waals surface area contributed by atoms with Gasteiger partial charge in [0.15, 0.2) is 0 Å². The van der Waals surface area contributed by atoms with Crippen molar-refractivity contribution in [3.63, 3.8) is 0 Å². The summed E-state index contributed by atoms with van der Waals surface area (Å²) in [5.41, 5.74) is 14.0. The van der Waals surface area contributed by atoms with Gasteiger partial charge in [0.25, 0.3) is 0 Å². The maximum absolute atomic E-state index is 9.47. The lowest BCUT2D eigenvalue weighted by Gasteiger charge is -2.32. The molecule has 0 unspecified atom stereocenters. The van der Waals surface area contributed by atoms with E-state index in [4.69, 9.17) is 0 Å². The summed E-state index contributed by atoms with van der Waals surface area (Å²) in [5.74, 6) is 0. The second kappa shape index (κ2) is 10.0. The van der Waals surface area contributed by atoms with E-state index in [-0.39, 0.29) is 0 Å². The Morgan fingerprint density at radius 1 is 0.438 bits per heavy atom. The van der Waals surface area contributed by atoms with E-state index in [1.807, 2.05) is 30.3 Å². The molecule has 48 heavy (non-hydrogen) atoms. The Morgan fingerprint density at radius 2 is 1.06 bits per heavy atom. The molecule has 8 aromatic rings. The molecule has 0 atom stereocenters. The zero-order chi connectivity index (χ0) is 31.8. The monoisotopic (exact) mass is 608 g/mol. The van der Waals surface area contributed by atoms with Gasteiger partial charge in [0.1, 0.15) is 0 Å². The van der Waals surface area contributed by atoms with Crippen LogP contribution in [0.3, 0.4) is 0 Å². The maximum Gasteiger partial charge on any atom is 0.0991 e. The van der Waals surface area contributed by atoms with Gasteiger partial charge < -0.3 is 4.90 Å². The van der Waals surface area contributed by atoms with E-state index in [1.54, 1.807) is 0 Å². The molecule has 0 radical (unpaired) electrons. The second-order valence-corrected chi connectivity index (χ2v) is 12.8. The van der Waals surface area contributed by atoms with E-state index < -0.39 is 5.41 Å². The third kappa shape index (κ3) is 3.51. The molecule has 0 amide bonds. The van der Waals surface area contributed by atoms with Crippen molar-refractivity contribution < 1.29 is 0 Å². The highest BCUT2D eigenvalue weighted by Crippen LogP contribution is 2.65. The quantitative estimate of drug-likeness (QED) is 0.199. The number of para-hydroxylation sites is 1. The van der Waals surface area contributed by atoms with Crippen LogP contribution in [0.5, 0.6) is 0 Å². The van der Waals surface area contributed by atoms with Gasteiger partial charge in [-0.3, -0.25) is 0 Å². The van der Waals surface area contributed by atoms with E-state index >= 15 is 0 Å².